The molecule has 1 atom stereocenters. The second kappa shape index (κ2) is 3.58. The molecule has 0 bridgehead atoms. The summed E-state index contributed by atoms with van der Waals surface area (Å²) in [5.74, 6) is 0. The Hall–Kier alpha value is -1.49. The van der Waals surface area contributed by atoms with Crippen molar-refractivity contribution in [1.82, 2.24) is 19.7 Å². The van der Waals surface area contributed by atoms with Gasteiger partial charge in [0.2, 0.25) is 0 Å². The van der Waals surface area contributed by atoms with Crippen molar-refractivity contribution in [2.24, 2.45) is 0 Å². The van der Waals surface area contributed by atoms with Gasteiger partial charge in [0.25, 0.3) is 0 Å². The van der Waals surface area contributed by atoms with Gasteiger partial charge in [0.05, 0.1) is 12.4 Å². The van der Waals surface area contributed by atoms with Crippen molar-refractivity contribution in [3.63, 3.8) is 0 Å². The highest BCUT2D eigenvalue weighted by molar-refractivity contribution is 5.72. The van der Waals surface area contributed by atoms with E-state index in [1.165, 1.54) is 12.7 Å². The zero-order chi connectivity index (χ0) is 10.1. The Kier molecular flexibility index (Phi) is 2.10. The lowest BCUT2D eigenvalue weighted by Gasteiger charge is -2.23. The maximum atomic E-state index is 5.68. The van der Waals surface area contributed by atoms with Gasteiger partial charge in [0, 0.05) is 6.61 Å². The SMILES string of the molecule is c1ncc2c(cnn2C2CCCCO2)n1. The van der Waals surface area contributed by atoms with E-state index in [2.05, 4.69) is 15.1 Å². The minimum atomic E-state index is 0.0576. The van der Waals surface area contributed by atoms with Gasteiger partial charge in [-0.2, -0.15) is 5.10 Å². The predicted octanol–water partition coefficient (Wildman–Crippen LogP) is 1.53. The van der Waals surface area contributed by atoms with Crippen LogP contribution in [0.5, 0.6) is 0 Å². The number of aromatic nitrogens is 4. The first-order valence-corrected chi connectivity index (χ1v) is 5.20. The second-order valence-corrected chi connectivity index (χ2v) is 3.70. The van der Waals surface area contributed by atoms with Crippen molar-refractivity contribution in [3.05, 3.63) is 18.7 Å². The van der Waals surface area contributed by atoms with Crippen molar-refractivity contribution in [3.8, 4) is 0 Å². The van der Waals surface area contributed by atoms with E-state index >= 15 is 0 Å². The molecule has 5 heteroatoms. The third-order valence-corrected chi connectivity index (χ3v) is 2.70. The molecule has 3 rings (SSSR count). The number of nitrogens with zero attached hydrogens (tertiary/aromatic N) is 4. The number of hydrogen-bond acceptors (Lipinski definition) is 4. The van der Waals surface area contributed by atoms with Gasteiger partial charge in [-0.25, -0.2) is 14.6 Å². The van der Waals surface area contributed by atoms with Crippen LogP contribution in [-0.4, -0.2) is 26.4 Å². The summed E-state index contributed by atoms with van der Waals surface area (Å²) in [5.41, 5.74) is 1.82. The first-order valence-electron chi connectivity index (χ1n) is 5.20. The number of hydrogen-bond donors (Lipinski definition) is 0. The van der Waals surface area contributed by atoms with Gasteiger partial charge < -0.3 is 4.74 Å². The predicted molar refractivity (Wildman–Crippen MR) is 54.2 cm³/mol. The van der Waals surface area contributed by atoms with Crippen LogP contribution in [0, 0.1) is 0 Å². The first kappa shape index (κ1) is 8.79. The van der Waals surface area contributed by atoms with Crippen molar-refractivity contribution < 1.29 is 4.74 Å². The monoisotopic (exact) mass is 204 g/mol. The summed E-state index contributed by atoms with van der Waals surface area (Å²) in [7, 11) is 0. The Bertz CT molecular complexity index is 461. The third-order valence-electron chi connectivity index (χ3n) is 2.70. The van der Waals surface area contributed by atoms with E-state index in [9.17, 15) is 0 Å². The average Bonchev–Trinajstić information content (AvgIpc) is 2.74. The Labute approximate surface area is 87.1 Å². The van der Waals surface area contributed by atoms with Crippen LogP contribution in [0.1, 0.15) is 25.5 Å². The van der Waals surface area contributed by atoms with Crippen molar-refractivity contribution in [2.45, 2.75) is 25.5 Å². The van der Waals surface area contributed by atoms with Crippen LogP contribution in [0.3, 0.4) is 0 Å². The summed E-state index contributed by atoms with van der Waals surface area (Å²) in [6.45, 7) is 0.819. The Balaban J connectivity index is 2.02. The van der Waals surface area contributed by atoms with Crippen molar-refractivity contribution in [1.29, 1.82) is 0 Å². The standard InChI is InChI=1S/C10H12N4O/c1-2-4-15-10(3-1)14-9-6-11-7-12-8(9)5-13-14/h5-7,10H,1-4H2. The van der Waals surface area contributed by atoms with Gasteiger partial charge in [-0.1, -0.05) is 0 Å². The quantitative estimate of drug-likeness (QED) is 0.706. The van der Waals surface area contributed by atoms with E-state index in [0.29, 0.717) is 0 Å². The molecule has 0 amide bonds. The molecule has 0 radical (unpaired) electrons. The Morgan fingerprint density at radius 1 is 1.33 bits per heavy atom. The van der Waals surface area contributed by atoms with Crippen LogP contribution in [0.15, 0.2) is 18.7 Å². The molecule has 0 aromatic carbocycles. The second-order valence-electron chi connectivity index (χ2n) is 3.70. The molecule has 15 heavy (non-hydrogen) atoms. The highest BCUT2D eigenvalue weighted by Gasteiger charge is 2.18. The van der Waals surface area contributed by atoms with E-state index in [1.54, 1.807) is 12.4 Å². The van der Waals surface area contributed by atoms with Gasteiger partial charge in [0.15, 0.2) is 6.23 Å². The molecule has 1 fully saturated rings. The summed E-state index contributed by atoms with van der Waals surface area (Å²) < 4.78 is 7.56. The minimum Gasteiger partial charge on any atom is -0.356 e. The molecule has 1 saturated heterocycles. The Morgan fingerprint density at radius 2 is 2.33 bits per heavy atom. The normalized spacial score (nSPS) is 22.0. The fourth-order valence-electron chi connectivity index (χ4n) is 1.93. The molecule has 1 aliphatic heterocycles. The Morgan fingerprint density at radius 3 is 3.20 bits per heavy atom. The summed E-state index contributed by atoms with van der Waals surface area (Å²) in [4.78, 5) is 8.16. The van der Waals surface area contributed by atoms with Crippen molar-refractivity contribution >= 4 is 11.0 Å². The number of ether oxygens (including phenoxy) is 1. The van der Waals surface area contributed by atoms with Gasteiger partial charge in [-0.15, -0.1) is 0 Å². The largest absolute Gasteiger partial charge is 0.356 e. The van der Waals surface area contributed by atoms with Crippen LogP contribution >= 0.6 is 0 Å². The van der Waals surface area contributed by atoms with Gasteiger partial charge >= 0.3 is 0 Å². The van der Waals surface area contributed by atoms with Crippen molar-refractivity contribution in [2.75, 3.05) is 6.61 Å². The fourth-order valence-corrected chi connectivity index (χ4v) is 1.93. The minimum absolute atomic E-state index is 0.0576. The first-order chi connectivity index (χ1) is 7.45. The smallest absolute Gasteiger partial charge is 0.150 e. The summed E-state index contributed by atoms with van der Waals surface area (Å²) in [6.07, 6.45) is 8.50. The van der Waals surface area contributed by atoms with Crippen LogP contribution < -0.4 is 0 Å². The maximum Gasteiger partial charge on any atom is 0.150 e. The fraction of sp³-hybridized carbons (Fsp3) is 0.500. The third kappa shape index (κ3) is 1.48. The van der Waals surface area contributed by atoms with Gasteiger partial charge in [-0.3, -0.25) is 0 Å². The number of rotatable bonds is 1. The van der Waals surface area contributed by atoms with Crippen LogP contribution in [-0.2, 0) is 4.74 Å². The van der Waals surface area contributed by atoms with Crippen LogP contribution in [0.2, 0.25) is 0 Å². The molecule has 3 heterocycles. The van der Waals surface area contributed by atoms with E-state index in [4.69, 9.17) is 4.74 Å². The maximum absolute atomic E-state index is 5.68. The molecule has 0 N–H and O–H groups in total. The molecule has 1 unspecified atom stereocenters. The molecule has 5 nitrogen and oxygen atoms in total. The summed E-state index contributed by atoms with van der Waals surface area (Å²) in [6, 6.07) is 0. The molecule has 78 valence electrons. The average molecular weight is 204 g/mol. The zero-order valence-corrected chi connectivity index (χ0v) is 8.33. The highest BCUT2D eigenvalue weighted by Crippen LogP contribution is 2.24. The van der Waals surface area contributed by atoms with Gasteiger partial charge in [0.1, 0.15) is 17.4 Å². The topological polar surface area (TPSA) is 52.8 Å². The molecule has 0 aliphatic carbocycles. The molecule has 0 spiro atoms. The molecule has 2 aromatic rings. The molecular formula is C10H12N4O. The lowest BCUT2D eigenvalue weighted by molar-refractivity contribution is -0.0367. The lowest BCUT2D eigenvalue weighted by atomic mass is 10.2. The highest BCUT2D eigenvalue weighted by atomic mass is 16.5. The number of fused-ring (bicyclic) bond motifs is 1. The van der Waals surface area contributed by atoms with E-state index in [-0.39, 0.29) is 6.23 Å². The summed E-state index contributed by atoms with van der Waals surface area (Å²) >= 11 is 0. The molecule has 2 aromatic heterocycles. The summed E-state index contributed by atoms with van der Waals surface area (Å²) in [5, 5.41) is 4.31. The van der Waals surface area contributed by atoms with E-state index in [0.717, 1.165) is 30.5 Å². The molecule has 0 saturated carbocycles. The van der Waals surface area contributed by atoms with Crippen LogP contribution in [0.25, 0.3) is 11.0 Å². The molecular weight excluding hydrogens is 192 g/mol. The zero-order valence-electron chi connectivity index (χ0n) is 8.33. The van der Waals surface area contributed by atoms with Gasteiger partial charge in [-0.05, 0) is 19.3 Å². The van der Waals surface area contributed by atoms with E-state index < -0.39 is 0 Å². The molecule has 1 aliphatic rings. The van der Waals surface area contributed by atoms with E-state index in [1.807, 2.05) is 4.68 Å². The van der Waals surface area contributed by atoms with Crippen LogP contribution in [0.4, 0.5) is 0 Å². The lowest BCUT2D eigenvalue weighted by Crippen LogP contribution is -2.18.